The molecule has 0 radical (unpaired) electrons. The van der Waals surface area contributed by atoms with E-state index in [1.54, 1.807) is 19.2 Å². The molecule has 0 saturated heterocycles. The number of rotatable bonds is 8. The van der Waals surface area contributed by atoms with Gasteiger partial charge in [0.05, 0.1) is 13.7 Å². The van der Waals surface area contributed by atoms with Crippen LogP contribution in [0.2, 0.25) is 0 Å². The number of hydrogen-bond donors (Lipinski definition) is 1. The van der Waals surface area contributed by atoms with Crippen molar-refractivity contribution < 1.29 is 18.7 Å². The molecule has 6 heteroatoms. The van der Waals surface area contributed by atoms with Crippen molar-refractivity contribution in [3.8, 4) is 5.75 Å². The molecule has 0 spiro atoms. The molecular weight excluding hydrogens is 335 g/mol. The number of benzene rings is 2. The maximum atomic E-state index is 12.9. The topological polar surface area (TPSA) is 58.6 Å². The summed E-state index contributed by atoms with van der Waals surface area (Å²) in [5.74, 6) is 0.0225. The lowest BCUT2D eigenvalue weighted by molar-refractivity contribution is -0.134. The Balaban J connectivity index is 1.85. The van der Waals surface area contributed by atoms with Crippen molar-refractivity contribution in [1.29, 1.82) is 0 Å². The van der Waals surface area contributed by atoms with Gasteiger partial charge in [0, 0.05) is 20.0 Å². The second-order valence-corrected chi connectivity index (χ2v) is 5.95. The van der Waals surface area contributed by atoms with Gasteiger partial charge < -0.3 is 15.0 Å². The number of carbonyl (C=O) groups excluding carboxylic acids is 2. The van der Waals surface area contributed by atoms with Crippen LogP contribution in [0.4, 0.5) is 4.39 Å². The van der Waals surface area contributed by atoms with E-state index in [4.69, 9.17) is 4.74 Å². The van der Waals surface area contributed by atoms with E-state index < -0.39 is 0 Å². The lowest BCUT2D eigenvalue weighted by Gasteiger charge is -2.20. The fourth-order valence-electron chi connectivity index (χ4n) is 2.47. The van der Waals surface area contributed by atoms with Crippen molar-refractivity contribution in [2.24, 2.45) is 0 Å². The molecule has 0 aromatic heterocycles. The Morgan fingerprint density at radius 1 is 1.12 bits per heavy atom. The minimum atomic E-state index is -0.319. The molecule has 5 nitrogen and oxygen atoms in total. The summed E-state index contributed by atoms with van der Waals surface area (Å²) < 4.78 is 18.1. The van der Waals surface area contributed by atoms with Gasteiger partial charge in [0.1, 0.15) is 11.6 Å². The molecule has 138 valence electrons. The Labute approximate surface area is 152 Å². The fourth-order valence-corrected chi connectivity index (χ4v) is 2.47. The van der Waals surface area contributed by atoms with Crippen LogP contribution in [-0.4, -0.2) is 36.9 Å². The van der Waals surface area contributed by atoms with Gasteiger partial charge in [0.2, 0.25) is 11.8 Å². The van der Waals surface area contributed by atoms with Crippen molar-refractivity contribution in [3.63, 3.8) is 0 Å². The number of methoxy groups -OCH3 is 1. The summed E-state index contributed by atoms with van der Waals surface area (Å²) in [6, 6.07) is 13.5. The second-order valence-electron chi connectivity index (χ2n) is 5.95. The number of ether oxygens (including phenoxy) is 1. The average molecular weight is 358 g/mol. The molecule has 0 saturated carbocycles. The van der Waals surface area contributed by atoms with Crippen molar-refractivity contribution in [1.82, 2.24) is 10.2 Å². The molecule has 2 rings (SSSR count). The van der Waals surface area contributed by atoms with E-state index in [0.29, 0.717) is 19.5 Å². The second kappa shape index (κ2) is 9.56. The van der Waals surface area contributed by atoms with E-state index >= 15 is 0 Å². The van der Waals surface area contributed by atoms with Crippen molar-refractivity contribution in [2.45, 2.75) is 19.9 Å². The molecule has 0 aliphatic heterocycles. The van der Waals surface area contributed by atoms with Crippen molar-refractivity contribution >= 4 is 11.8 Å². The van der Waals surface area contributed by atoms with Crippen LogP contribution in [0.25, 0.3) is 0 Å². The van der Waals surface area contributed by atoms with Crippen LogP contribution < -0.4 is 10.1 Å². The molecule has 0 fully saturated rings. The van der Waals surface area contributed by atoms with Crippen LogP contribution in [0.5, 0.6) is 5.75 Å². The summed E-state index contributed by atoms with van der Waals surface area (Å²) in [7, 11) is 1.60. The first-order valence-electron chi connectivity index (χ1n) is 8.37. The highest BCUT2D eigenvalue weighted by Crippen LogP contribution is 2.13. The first-order valence-corrected chi connectivity index (χ1v) is 8.37. The van der Waals surface area contributed by atoms with Gasteiger partial charge in [-0.1, -0.05) is 24.3 Å². The van der Waals surface area contributed by atoms with E-state index in [9.17, 15) is 14.0 Å². The number of amides is 2. The molecule has 0 aliphatic carbocycles. The van der Waals surface area contributed by atoms with E-state index in [-0.39, 0.29) is 24.2 Å². The zero-order valence-corrected chi connectivity index (χ0v) is 15.0. The third-order valence-electron chi connectivity index (χ3n) is 3.99. The van der Waals surface area contributed by atoms with E-state index in [0.717, 1.165) is 16.9 Å². The third-order valence-corrected chi connectivity index (χ3v) is 3.99. The number of nitrogens with one attached hydrogen (secondary N) is 1. The van der Waals surface area contributed by atoms with Gasteiger partial charge in [0.15, 0.2) is 0 Å². The molecule has 0 aliphatic rings. The summed E-state index contributed by atoms with van der Waals surface area (Å²) in [6.07, 6.45) is 0.627. The van der Waals surface area contributed by atoms with Gasteiger partial charge >= 0.3 is 0 Å². The van der Waals surface area contributed by atoms with Gasteiger partial charge in [-0.05, 0) is 41.8 Å². The predicted molar refractivity (Wildman–Crippen MR) is 97.2 cm³/mol. The van der Waals surface area contributed by atoms with Crippen LogP contribution in [-0.2, 0) is 22.6 Å². The molecule has 26 heavy (non-hydrogen) atoms. The van der Waals surface area contributed by atoms with Crippen LogP contribution in [0.1, 0.15) is 18.1 Å². The molecule has 2 amide bonds. The Bertz CT molecular complexity index is 747. The number of halogens is 1. The quantitative estimate of drug-likeness (QED) is 0.789. The molecule has 0 bridgehead atoms. The molecule has 0 unspecified atom stereocenters. The average Bonchev–Trinajstić information content (AvgIpc) is 2.64. The summed E-state index contributed by atoms with van der Waals surface area (Å²) in [6.45, 7) is 2.16. The van der Waals surface area contributed by atoms with Gasteiger partial charge in [-0.3, -0.25) is 9.59 Å². The summed E-state index contributed by atoms with van der Waals surface area (Å²) in [4.78, 5) is 25.4. The van der Waals surface area contributed by atoms with Crippen LogP contribution >= 0.6 is 0 Å². The standard InChI is InChI=1S/C20H23FN2O3/c1-15(24)23(11-10-16-4-3-5-19(12-16)26-2)14-20(25)22-13-17-6-8-18(21)9-7-17/h3-9,12H,10-11,13-14H2,1-2H3,(H,22,25). The zero-order valence-electron chi connectivity index (χ0n) is 15.0. The molecule has 0 atom stereocenters. The molecule has 2 aromatic rings. The van der Waals surface area contributed by atoms with Crippen molar-refractivity contribution in [3.05, 3.63) is 65.5 Å². The maximum absolute atomic E-state index is 12.9. The highest BCUT2D eigenvalue weighted by Gasteiger charge is 2.13. The largest absolute Gasteiger partial charge is 0.497 e. The minimum absolute atomic E-state index is 0.0134. The predicted octanol–water partition coefficient (Wildman–Crippen LogP) is 2.54. The Morgan fingerprint density at radius 3 is 2.50 bits per heavy atom. The highest BCUT2D eigenvalue weighted by molar-refractivity contribution is 5.83. The maximum Gasteiger partial charge on any atom is 0.239 e. The van der Waals surface area contributed by atoms with E-state index in [1.807, 2.05) is 24.3 Å². The third kappa shape index (κ3) is 6.20. The summed E-state index contributed by atoms with van der Waals surface area (Å²) in [5, 5.41) is 2.74. The van der Waals surface area contributed by atoms with Gasteiger partial charge in [-0.2, -0.15) is 0 Å². The Hall–Kier alpha value is -2.89. The fraction of sp³-hybridized carbons (Fsp3) is 0.300. The van der Waals surface area contributed by atoms with E-state index in [2.05, 4.69) is 5.32 Å². The monoisotopic (exact) mass is 358 g/mol. The number of hydrogen-bond acceptors (Lipinski definition) is 3. The lowest BCUT2D eigenvalue weighted by Crippen LogP contribution is -2.40. The minimum Gasteiger partial charge on any atom is -0.497 e. The first kappa shape index (κ1) is 19.4. The summed E-state index contributed by atoms with van der Waals surface area (Å²) >= 11 is 0. The molecule has 0 heterocycles. The molecule has 2 aromatic carbocycles. The van der Waals surface area contributed by atoms with Crippen LogP contribution in [0, 0.1) is 5.82 Å². The lowest BCUT2D eigenvalue weighted by atomic mass is 10.1. The highest BCUT2D eigenvalue weighted by atomic mass is 19.1. The van der Waals surface area contributed by atoms with E-state index in [1.165, 1.54) is 24.0 Å². The van der Waals surface area contributed by atoms with Crippen molar-refractivity contribution in [2.75, 3.05) is 20.2 Å². The SMILES string of the molecule is COc1cccc(CCN(CC(=O)NCc2ccc(F)cc2)C(C)=O)c1. The van der Waals surface area contributed by atoms with Gasteiger partial charge in [-0.25, -0.2) is 4.39 Å². The van der Waals surface area contributed by atoms with Crippen LogP contribution in [0.3, 0.4) is 0 Å². The van der Waals surface area contributed by atoms with Gasteiger partial charge in [-0.15, -0.1) is 0 Å². The first-order chi connectivity index (χ1) is 12.5. The number of carbonyl (C=O) groups is 2. The normalized spacial score (nSPS) is 10.3. The smallest absolute Gasteiger partial charge is 0.239 e. The van der Waals surface area contributed by atoms with Gasteiger partial charge in [0.25, 0.3) is 0 Å². The summed E-state index contributed by atoms with van der Waals surface area (Å²) in [5.41, 5.74) is 1.83. The Kier molecular flexibility index (Phi) is 7.14. The molecular formula is C20H23FN2O3. The number of nitrogens with zero attached hydrogens (tertiary/aromatic N) is 1. The van der Waals surface area contributed by atoms with Crippen LogP contribution in [0.15, 0.2) is 48.5 Å². The molecule has 1 N–H and O–H groups in total. The Morgan fingerprint density at radius 2 is 1.85 bits per heavy atom. The zero-order chi connectivity index (χ0) is 18.9.